The Labute approximate surface area is 129 Å². The summed E-state index contributed by atoms with van der Waals surface area (Å²) in [6, 6.07) is 28.4. The number of aromatic nitrogens is 1. The third-order valence-electron chi connectivity index (χ3n) is 3.88. The van der Waals surface area contributed by atoms with Crippen LogP contribution in [0.2, 0.25) is 0 Å². The van der Waals surface area contributed by atoms with E-state index in [1.165, 1.54) is 32.3 Å². The van der Waals surface area contributed by atoms with Crippen LogP contribution in [0.4, 0.5) is 0 Å². The number of pyridine rings is 1. The molecule has 5 aromatic rings. The highest BCUT2D eigenvalue weighted by molar-refractivity contribution is 6.22. The highest BCUT2D eigenvalue weighted by Gasteiger charge is 2.06. The predicted molar refractivity (Wildman–Crippen MR) is 93.2 cm³/mol. The Bertz CT molecular complexity index is 863. The van der Waals surface area contributed by atoms with Crippen molar-refractivity contribution in [1.82, 2.24) is 4.98 Å². The molecule has 0 N–H and O–H groups in total. The van der Waals surface area contributed by atoms with E-state index in [1.807, 2.05) is 24.3 Å². The van der Waals surface area contributed by atoms with Gasteiger partial charge in [0.1, 0.15) is 0 Å². The van der Waals surface area contributed by atoms with Crippen LogP contribution in [0.15, 0.2) is 85.2 Å². The fourth-order valence-electron chi connectivity index (χ4n) is 2.90. The van der Waals surface area contributed by atoms with Crippen LogP contribution < -0.4 is 0 Å². The average Bonchev–Trinajstić information content (AvgIpc) is 2.62. The molecular weight excluding hydrogens is 266 g/mol. The molecule has 4 aromatic carbocycles. The largest absolute Gasteiger partial charge is 0.265 e. The van der Waals surface area contributed by atoms with E-state index in [2.05, 4.69) is 59.6 Å². The number of hydrogen-bond acceptors (Lipinski definition) is 1. The lowest BCUT2D eigenvalue weighted by atomic mass is 9.95. The number of rotatable bonds is 0. The summed E-state index contributed by atoms with van der Waals surface area (Å²) >= 11 is 0. The lowest BCUT2D eigenvalue weighted by Crippen LogP contribution is -1.82. The zero-order valence-electron chi connectivity index (χ0n) is 12.0. The van der Waals surface area contributed by atoms with Crippen molar-refractivity contribution < 1.29 is 0 Å². The summed E-state index contributed by atoms with van der Waals surface area (Å²) in [5, 5.41) is 7.86. The maximum atomic E-state index is 3.78. The van der Waals surface area contributed by atoms with Gasteiger partial charge in [0.25, 0.3) is 0 Å². The molecule has 22 heavy (non-hydrogen) atoms. The normalized spacial score (nSPS) is 10.7. The van der Waals surface area contributed by atoms with Gasteiger partial charge in [0.2, 0.25) is 0 Å². The molecule has 0 aliphatic heterocycles. The Morgan fingerprint density at radius 2 is 1.27 bits per heavy atom. The first kappa shape index (κ1) is 12.8. The molecule has 0 bridgehead atoms. The molecule has 5 rings (SSSR count). The standard InChI is InChI=1S/C16H9.C5H5N/c1-3-11-7-9-13-5-2-6-14-10-8-12(4-1)15(11)16(13)14;1-2-4-6-5-3-1/h1-5,7-10H;1-5H. The Morgan fingerprint density at radius 3 is 1.91 bits per heavy atom. The Balaban J connectivity index is 0.000000177. The molecule has 1 nitrogen and oxygen atoms in total. The van der Waals surface area contributed by atoms with Gasteiger partial charge in [-0.2, -0.15) is 0 Å². The minimum absolute atomic E-state index is 1.21. The van der Waals surface area contributed by atoms with Crippen LogP contribution in [0.3, 0.4) is 0 Å². The van der Waals surface area contributed by atoms with E-state index in [-0.39, 0.29) is 0 Å². The van der Waals surface area contributed by atoms with Gasteiger partial charge in [0.15, 0.2) is 0 Å². The van der Waals surface area contributed by atoms with E-state index in [0.29, 0.717) is 0 Å². The predicted octanol–water partition coefficient (Wildman–Crippen LogP) is 5.47. The molecule has 0 unspecified atom stereocenters. The van der Waals surface area contributed by atoms with Crippen LogP contribution in [0.1, 0.15) is 0 Å². The molecular formula is C21H14N. The third kappa shape index (κ3) is 2.17. The fraction of sp³-hybridized carbons (Fsp3) is 0. The van der Waals surface area contributed by atoms with Gasteiger partial charge < -0.3 is 0 Å². The van der Waals surface area contributed by atoms with Crippen LogP contribution in [0.5, 0.6) is 0 Å². The molecule has 0 aliphatic rings. The first-order valence-electron chi connectivity index (χ1n) is 7.33. The number of hydrogen-bond donors (Lipinski definition) is 0. The number of benzene rings is 4. The maximum Gasteiger partial charge on any atom is 0.0267 e. The Kier molecular flexibility index (Phi) is 3.17. The molecule has 1 heteroatoms. The zero-order chi connectivity index (χ0) is 14.8. The molecule has 0 fully saturated rings. The molecule has 0 aliphatic carbocycles. The van der Waals surface area contributed by atoms with Crippen LogP contribution >= 0.6 is 0 Å². The lowest BCUT2D eigenvalue weighted by Gasteiger charge is -2.09. The van der Waals surface area contributed by atoms with Crippen molar-refractivity contribution >= 4 is 32.3 Å². The smallest absolute Gasteiger partial charge is 0.0267 e. The topological polar surface area (TPSA) is 12.9 Å². The SMILES string of the molecule is [c]1ccc2ccc3cccc4ccc1c2c43.c1ccncc1. The van der Waals surface area contributed by atoms with E-state index in [1.54, 1.807) is 12.4 Å². The van der Waals surface area contributed by atoms with Crippen molar-refractivity contribution in [2.75, 3.05) is 0 Å². The van der Waals surface area contributed by atoms with Gasteiger partial charge in [-0.25, -0.2) is 0 Å². The third-order valence-corrected chi connectivity index (χ3v) is 3.88. The van der Waals surface area contributed by atoms with E-state index >= 15 is 0 Å². The van der Waals surface area contributed by atoms with Crippen LogP contribution in [0, 0.1) is 6.07 Å². The summed E-state index contributed by atoms with van der Waals surface area (Å²) in [5.74, 6) is 0. The second kappa shape index (κ2) is 5.45. The molecule has 0 atom stereocenters. The Morgan fingerprint density at radius 1 is 0.591 bits per heavy atom. The van der Waals surface area contributed by atoms with E-state index in [0.717, 1.165) is 0 Å². The molecule has 1 aromatic heterocycles. The number of nitrogens with zero attached hydrogens (tertiary/aromatic N) is 1. The highest BCUT2D eigenvalue weighted by Crippen LogP contribution is 2.33. The first-order chi connectivity index (χ1) is 10.9. The van der Waals surface area contributed by atoms with Gasteiger partial charge in [-0.05, 0) is 50.5 Å². The summed E-state index contributed by atoms with van der Waals surface area (Å²) in [6.45, 7) is 0. The van der Waals surface area contributed by atoms with Crippen molar-refractivity contribution in [3.05, 3.63) is 91.3 Å². The van der Waals surface area contributed by atoms with Crippen molar-refractivity contribution in [3.8, 4) is 0 Å². The monoisotopic (exact) mass is 280 g/mol. The van der Waals surface area contributed by atoms with Gasteiger partial charge in [0.05, 0.1) is 0 Å². The fourth-order valence-corrected chi connectivity index (χ4v) is 2.90. The molecule has 0 amide bonds. The average molecular weight is 280 g/mol. The van der Waals surface area contributed by atoms with Crippen LogP contribution in [0.25, 0.3) is 32.3 Å². The lowest BCUT2D eigenvalue weighted by molar-refractivity contribution is 1.33. The summed E-state index contributed by atoms with van der Waals surface area (Å²) in [7, 11) is 0. The van der Waals surface area contributed by atoms with Gasteiger partial charge in [-0.15, -0.1) is 0 Å². The second-order valence-electron chi connectivity index (χ2n) is 5.22. The van der Waals surface area contributed by atoms with Crippen molar-refractivity contribution in [1.29, 1.82) is 0 Å². The molecule has 0 saturated heterocycles. The van der Waals surface area contributed by atoms with Crippen molar-refractivity contribution in [3.63, 3.8) is 0 Å². The van der Waals surface area contributed by atoms with Crippen LogP contribution in [-0.2, 0) is 0 Å². The molecule has 0 spiro atoms. The summed E-state index contributed by atoms with van der Waals surface area (Å²) in [5.41, 5.74) is 0. The van der Waals surface area contributed by atoms with Crippen molar-refractivity contribution in [2.24, 2.45) is 0 Å². The van der Waals surface area contributed by atoms with E-state index in [9.17, 15) is 0 Å². The maximum absolute atomic E-state index is 3.78. The summed E-state index contributed by atoms with van der Waals surface area (Å²) in [4.78, 5) is 3.78. The van der Waals surface area contributed by atoms with Gasteiger partial charge in [-0.1, -0.05) is 60.7 Å². The second-order valence-corrected chi connectivity index (χ2v) is 5.22. The summed E-state index contributed by atoms with van der Waals surface area (Å²) < 4.78 is 0. The van der Waals surface area contributed by atoms with E-state index in [4.69, 9.17) is 0 Å². The van der Waals surface area contributed by atoms with Crippen LogP contribution in [-0.4, -0.2) is 4.98 Å². The Hall–Kier alpha value is -2.93. The molecule has 1 radical (unpaired) electrons. The van der Waals surface area contributed by atoms with Crippen molar-refractivity contribution in [2.45, 2.75) is 0 Å². The highest BCUT2D eigenvalue weighted by atomic mass is 14.6. The molecule has 103 valence electrons. The summed E-state index contributed by atoms with van der Waals surface area (Å²) in [6.07, 6.45) is 3.50. The quantitative estimate of drug-likeness (QED) is 0.343. The molecule has 0 saturated carbocycles. The minimum atomic E-state index is 1.21. The van der Waals surface area contributed by atoms with Gasteiger partial charge in [0, 0.05) is 12.4 Å². The van der Waals surface area contributed by atoms with Gasteiger partial charge >= 0.3 is 0 Å². The minimum Gasteiger partial charge on any atom is -0.265 e. The zero-order valence-corrected chi connectivity index (χ0v) is 12.0. The molecule has 1 heterocycles. The van der Waals surface area contributed by atoms with Gasteiger partial charge in [-0.3, -0.25) is 4.98 Å². The van der Waals surface area contributed by atoms with E-state index < -0.39 is 0 Å². The first-order valence-corrected chi connectivity index (χ1v) is 7.33.